The zero-order valence-corrected chi connectivity index (χ0v) is 20.0. The SMILES string of the molecule is CCOC(=O)C1=C(CN(C)C2CCN(C)CC2)N(C)C(=O)NC1c1cccc(Cl)c1Cl. The number of carbonyl (C=O) groups is 2. The first-order valence-electron chi connectivity index (χ1n) is 10.5. The number of carbonyl (C=O) groups excluding carboxylic acids is 2. The summed E-state index contributed by atoms with van der Waals surface area (Å²) < 4.78 is 5.38. The van der Waals surface area contributed by atoms with Crippen molar-refractivity contribution in [2.75, 3.05) is 47.4 Å². The fourth-order valence-corrected chi connectivity index (χ4v) is 4.59. The normalized spacial score (nSPS) is 20.9. The van der Waals surface area contributed by atoms with Gasteiger partial charge in [-0.3, -0.25) is 9.80 Å². The van der Waals surface area contributed by atoms with Crippen LogP contribution in [0, 0.1) is 0 Å². The second kappa shape index (κ2) is 10.2. The molecule has 0 bridgehead atoms. The van der Waals surface area contributed by atoms with Crippen molar-refractivity contribution < 1.29 is 14.3 Å². The quantitative estimate of drug-likeness (QED) is 0.646. The molecule has 0 radical (unpaired) electrons. The van der Waals surface area contributed by atoms with Gasteiger partial charge in [0.1, 0.15) is 0 Å². The highest BCUT2D eigenvalue weighted by Gasteiger charge is 2.38. The second-order valence-corrected chi connectivity index (χ2v) is 8.90. The maximum absolute atomic E-state index is 13.1. The van der Waals surface area contributed by atoms with Crippen molar-refractivity contribution in [3.8, 4) is 0 Å². The van der Waals surface area contributed by atoms with Crippen LogP contribution >= 0.6 is 23.2 Å². The average Bonchev–Trinajstić information content (AvgIpc) is 2.73. The molecule has 2 amide bonds. The molecule has 9 heteroatoms. The predicted octanol–water partition coefficient (Wildman–Crippen LogP) is 3.53. The second-order valence-electron chi connectivity index (χ2n) is 8.11. The third-order valence-corrected chi connectivity index (χ3v) is 6.91. The Kier molecular flexibility index (Phi) is 7.86. The molecule has 0 saturated carbocycles. The van der Waals surface area contributed by atoms with Gasteiger partial charge in [0.15, 0.2) is 0 Å². The molecule has 31 heavy (non-hydrogen) atoms. The molecule has 170 valence electrons. The molecule has 1 N–H and O–H groups in total. The summed E-state index contributed by atoms with van der Waals surface area (Å²) in [6.45, 7) is 4.48. The van der Waals surface area contributed by atoms with Crippen LogP contribution in [0.15, 0.2) is 29.5 Å². The van der Waals surface area contributed by atoms with Crippen molar-refractivity contribution in [2.45, 2.75) is 31.8 Å². The third-order valence-electron chi connectivity index (χ3n) is 6.08. The lowest BCUT2D eigenvalue weighted by Crippen LogP contribution is -2.50. The van der Waals surface area contributed by atoms with Crippen LogP contribution in [0.4, 0.5) is 4.79 Å². The van der Waals surface area contributed by atoms with Gasteiger partial charge in [0.25, 0.3) is 0 Å². The molecule has 1 unspecified atom stereocenters. The Morgan fingerprint density at radius 2 is 1.94 bits per heavy atom. The smallest absolute Gasteiger partial charge is 0.338 e. The Morgan fingerprint density at radius 1 is 1.26 bits per heavy atom. The van der Waals surface area contributed by atoms with Crippen LogP contribution in [-0.4, -0.2) is 80.1 Å². The van der Waals surface area contributed by atoms with E-state index in [9.17, 15) is 9.59 Å². The monoisotopic (exact) mass is 468 g/mol. The van der Waals surface area contributed by atoms with Crippen molar-refractivity contribution in [3.05, 3.63) is 45.1 Å². The van der Waals surface area contributed by atoms with Gasteiger partial charge in [-0.25, -0.2) is 9.59 Å². The minimum absolute atomic E-state index is 0.230. The van der Waals surface area contributed by atoms with Crippen LogP contribution in [0.2, 0.25) is 10.0 Å². The number of ether oxygens (including phenoxy) is 1. The van der Waals surface area contributed by atoms with Gasteiger partial charge >= 0.3 is 12.0 Å². The summed E-state index contributed by atoms with van der Waals surface area (Å²) in [7, 11) is 5.83. The lowest BCUT2D eigenvalue weighted by molar-refractivity contribution is -0.139. The number of piperidine rings is 1. The summed E-state index contributed by atoms with van der Waals surface area (Å²) in [5.41, 5.74) is 1.57. The molecule has 0 spiro atoms. The number of likely N-dealkylation sites (N-methyl/N-ethyl adjacent to an activating group) is 2. The van der Waals surface area contributed by atoms with E-state index in [4.69, 9.17) is 27.9 Å². The third kappa shape index (κ3) is 5.17. The zero-order chi connectivity index (χ0) is 22.7. The number of rotatable bonds is 6. The Bertz CT molecular complexity index is 868. The summed E-state index contributed by atoms with van der Waals surface area (Å²) in [5.74, 6) is -0.470. The molecule has 7 nitrogen and oxygen atoms in total. The highest BCUT2D eigenvalue weighted by atomic mass is 35.5. The van der Waals surface area contributed by atoms with E-state index in [1.54, 1.807) is 32.2 Å². The van der Waals surface area contributed by atoms with Crippen LogP contribution in [0.5, 0.6) is 0 Å². The number of hydrogen-bond acceptors (Lipinski definition) is 5. The minimum Gasteiger partial charge on any atom is -0.463 e. The van der Waals surface area contributed by atoms with Gasteiger partial charge in [-0.15, -0.1) is 0 Å². The van der Waals surface area contributed by atoms with Crippen LogP contribution < -0.4 is 5.32 Å². The lowest BCUT2D eigenvalue weighted by Gasteiger charge is -2.39. The maximum atomic E-state index is 13.1. The number of esters is 1. The Labute approximate surface area is 193 Å². The molecule has 2 aliphatic rings. The Balaban J connectivity index is 2.03. The standard InChI is InChI=1S/C22H30Cl2N4O3/c1-5-31-21(29)18-17(13-27(3)14-9-11-26(2)12-10-14)28(4)22(30)25-20(18)15-7-6-8-16(23)19(15)24/h6-8,14,20H,5,9-13H2,1-4H3,(H,25,30). The predicted molar refractivity (Wildman–Crippen MR) is 122 cm³/mol. The van der Waals surface area contributed by atoms with Crippen molar-refractivity contribution in [1.82, 2.24) is 20.0 Å². The molecule has 1 atom stereocenters. The van der Waals surface area contributed by atoms with Crippen molar-refractivity contribution in [2.24, 2.45) is 0 Å². The average molecular weight is 469 g/mol. The van der Waals surface area contributed by atoms with Gasteiger partial charge in [0.2, 0.25) is 0 Å². The summed E-state index contributed by atoms with van der Waals surface area (Å²) in [4.78, 5) is 31.9. The van der Waals surface area contributed by atoms with Gasteiger partial charge in [0, 0.05) is 25.3 Å². The maximum Gasteiger partial charge on any atom is 0.338 e. The topological polar surface area (TPSA) is 65.1 Å². The first-order chi connectivity index (χ1) is 14.7. The number of likely N-dealkylation sites (tertiary alicyclic amines) is 1. The van der Waals surface area contributed by atoms with Gasteiger partial charge in [-0.1, -0.05) is 35.3 Å². The molecule has 0 aromatic heterocycles. The molecule has 1 aromatic rings. The molecule has 1 saturated heterocycles. The van der Waals surface area contributed by atoms with E-state index < -0.39 is 12.0 Å². The van der Waals surface area contributed by atoms with E-state index in [0.29, 0.717) is 39.5 Å². The van der Waals surface area contributed by atoms with E-state index in [1.165, 1.54) is 4.90 Å². The number of urea groups is 1. The largest absolute Gasteiger partial charge is 0.463 e. The van der Waals surface area contributed by atoms with Crippen LogP contribution in [0.3, 0.4) is 0 Å². The number of amides is 2. The van der Waals surface area contributed by atoms with E-state index in [0.717, 1.165) is 25.9 Å². The van der Waals surface area contributed by atoms with Crippen LogP contribution in [0.1, 0.15) is 31.4 Å². The first-order valence-corrected chi connectivity index (χ1v) is 11.3. The van der Waals surface area contributed by atoms with Crippen molar-refractivity contribution >= 4 is 35.2 Å². The number of benzene rings is 1. The van der Waals surface area contributed by atoms with Crippen molar-refractivity contribution in [1.29, 1.82) is 0 Å². The summed E-state index contributed by atoms with van der Waals surface area (Å²) in [6.07, 6.45) is 2.07. The minimum atomic E-state index is -0.741. The molecule has 2 heterocycles. The fraction of sp³-hybridized carbons (Fsp3) is 0.545. The summed E-state index contributed by atoms with van der Waals surface area (Å²) >= 11 is 12.7. The summed E-state index contributed by atoms with van der Waals surface area (Å²) in [5, 5.41) is 3.56. The van der Waals surface area contributed by atoms with E-state index in [2.05, 4.69) is 22.2 Å². The molecular formula is C22H30Cl2N4O3. The highest BCUT2D eigenvalue weighted by Crippen LogP contribution is 2.37. The molecular weight excluding hydrogens is 439 g/mol. The van der Waals surface area contributed by atoms with E-state index >= 15 is 0 Å². The van der Waals surface area contributed by atoms with Gasteiger partial charge in [-0.05, 0) is 58.6 Å². The molecule has 3 rings (SSSR count). The summed E-state index contributed by atoms with van der Waals surface area (Å²) in [6, 6.07) is 4.52. The van der Waals surface area contributed by atoms with Crippen molar-refractivity contribution in [3.63, 3.8) is 0 Å². The van der Waals surface area contributed by atoms with Crippen LogP contribution in [-0.2, 0) is 9.53 Å². The van der Waals surface area contributed by atoms with Gasteiger partial charge < -0.3 is 15.0 Å². The van der Waals surface area contributed by atoms with E-state index in [1.807, 2.05) is 7.05 Å². The molecule has 1 aromatic carbocycles. The highest BCUT2D eigenvalue weighted by molar-refractivity contribution is 6.42. The molecule has 1 fully saturated rings. The molecule has 0 aliphatic carbocycles. The fourth-order valence-electron chi connectivity index (χ4n) is 4.18. The number of hydrogen-bond donors (Lipinski definition) is 1. The van der Waals surface area contributed by atoms with E-state index in [-0.39, 0.29) is 12.6 Å². The zero-order valence-electron chi connectivity index (χ0n) is 18.5. The molecule has 2 aliphatic heterocycles. The first kappa shape index (κ1) is 23.9. The number of nitrogens with zero attached hydrogens (tertiary/aromatic N) is 3. The number of nitrogens with one attached hydrogen (secondary N) is 1. The van der Waals surface area contributed by atoms with Gasteiger partial charge in [0.05, 0.1) is 28.3 Å². The Hall–Kier alpha value is -1.80. The Morgan fingerprint density at radius 3 is 2.58 bits per heavy atom. The number of halogens is 2. The van der Waals surface area contributed by atoms with Crippen LogP contribution in [0.25, 0.3) is 0 Å². The lowest BCUT2D eigenvalue weighted by atomic mass is 9.93. The van der Waals surface area contributed by atoms with Gasteiger partial charge in [-0.2, -0.15) is 0 Å².